The topological polar surface area (TPSA) is 68.7 Å². The van der Waals surface area contributed by atoms with Crippen LogP contribution < -0.4 is 5.73 Å². The van der Waals surface area contributed by atoms with Crippen LogP contribution in [0.2, 0.25) is 0 Å². The Labute approximate surface area is 124 Å². The van der Waals surface area contributed by atoms with Crippen molar-refractivity contribution in [3.8, 4) is 0 Å². The number of hydrogen-bond donors (Lipinski definition) is 1. The van der Waals surface area contributed by atoms with Crippen molar-refractivity contribution in [3.63, 3.8) is 0 Å². The van der Waals surface area contributed by atoms with Crippen LogP contribution >= 0.6 is 0 Å². The monoisotopic (exact) mass is 287 g/mol. The summed E-state index contributed by atoms with van der Waals surface area (Å²) >= 11 is 0. The van der Waals surface area contributed by atoms with Crippen LogP contribution in [0.5, 0.6) is 0 Å². The number of aliphatic imine (C=N–C) groups is 1. The molecule has 6 heteroatoms. The molecule has 1 fully saturated rings. The Kier molecular flexibility index (Phi) is 3.79. The number of fused-ring (bicyclic) bond motifs is 1. The molecule has 2 heterocycles. The molecular weight excluding hydrogens is 266 g/mol. The molecule has 2 N–H and O–H groups in total. The van der Waals surface area contributed by atoms with Gasteiger partial charge >= 0.3 is 0 Å². The lowest BCUT2D eigenvalue weighted by atomic mass is 10.3. The number of nitrogens with two attached hydrogens (primary N) is 1. The van der Waals surface area contributed by atoms with Crippen LogP contribution in [0.3, 0.4) is 0 Å². The number of hydrogen-bond acceptors (Lipinski definition) is 3. The molecule has 1 saturated heterocycles. The summed E-state index contributed by atoms with van der Waals surface area (Å²) in [6.45, 7) is 4.82. The van der Waals surface area contributed by atoms with Crippen molar-refractivity contribution < 1.29 is 4.74 Å². The maximum atomic E-state index is 6.09. The molecule has 21 heavy (non-hydrogen) atoms. The highest BCUT2D eigenvalue weighted by Gasteiger charge is 2.18. The van der Waals surface area contributed by atoms with E-state index in [2.05, 4.69) is 25.5 Å². The Morgan fingerprint density at radius 3 is 3.05 bits per heavy atom. The van der Waals surface area contributed by atoms with E-state index >= 15 is 0 Å². The fourth-order valence-electron chi connectivity index (χ4n) is 2.62. The van der Waals surface area contributed by atoms with Gasteiger partial charge in [-0.1, -0.05) is 12.1 Å². The lowest BCUT2D eigenvalue weighted by Gasteiger charge is -2.31. The molecule has 0 aliphatic carbocycles. The zero-order chi connectivity index (χ0) is 14.8. The van der Waals surface area contributed by atoms with Gasteiger partial charge in [0.1, 0.15) is 12.4 Å². The summed E-state index contributed by atoms with van der Waals surface area (Å²) in [5.74, 6) is 1.48. The van der Waals surface area contributed by atoms with E-state index in [1.807, 2.05) is 32.2 Å². The third-order valence-corrected chi connectivity index (χ3v) is 3.83. The minimum atomic E-state index is 0.197. The molecule has 1 aromatic heterocycles. The normalized spacial score (nSPS) is 20.2. The zero-order valence-electron chi connectivity index (χ0n) is 12.5. The number of aromatic nitrogens is 2. The largest absolute Gasteiger partial charge is 0.375 e. The average molecular weight is 287 g/mol. The molecule has 6 nitrogen and oxygen atoms in total. The maximum absolute atomic E-state index is 6.09. The zero-order valence-corrected chi connectivity index (χ0v) is 12.5. The summed E-state index contributed by atoms with van der Waals surface area (Å²) in [6, 6.07) is 8.07. The minimum absolute atomic E-state index is 0.197. The molecule has 1 atom stereocenters. The Hall–Kier alpha value is -2.08. The Morgan fingerprint density at radius 2 is 2.29 bits per heavy atom. The first-order chi connectivity index (χ1) is 10.1. The molecule has 3 rings (SSSR count). The van der Waals surface area contributed by atoms with E-state index in [-0.39, 0.29) is 6.10 Å². The number of guanidine groups is 1. The smallest absolute Gasteiger partial charge is 0.191 e. The van der Waals surface area contributed by atoms with Crippen LogP contribution in [-0.4, -0.2) is 46.2 Å². The molecule has 0 bridgehead atoms. The van der Waals surface area contributed by atoms with Crippen molar-refractivity contribution in [2.75, 3.05) is 19.7 Å². The molecule has 0 spiro atoms. The summed E-state index contributed by atoms with van der Waals surface area (Å²) in [6.07, 6.45) is 0.197. The minimum Gasteiger partial charge on any atom is -0.375 e. The molecule has 2 aromatic rings. The van der Waals surface area contributed by atoms with Crippen LogP contribution in [-0.2, 0) is 18.3 Å². The third-order valence-electron chi connectivity index (χ3n) is 3.83. The van der Waals surface area contributed by atoms with Crippen LogP contribution in [0.4, 0.5) is 0 Å². The number of ether oxygens (including phenoxy) is 1. The lowest BCUT2D eigenvalue weighted by Crippen LogP contribution is -2.47. The van der Waals surface area contributed by atoms with E-state index < -0.39 is 0 Å². The number of rotatable bonds is 2. The highest BCUT2D eigenvalue weighted by molar-refractivity contribution is 5.78. The first kappa shape index (κ1) is 13.9. The molecule has 1 aliphatic heterocycles. The van der Waals surface area contributed by atoms with Crippen molar-refractivity contribution in [3.05, 3.63) is 30.1 Å². The third kappa shape index (κ3) is 2.85. The highest BCUT2D eigenvalue weighted by atomic mass is 16.5. The summed E-state index contributed by atoms with van der Waals surface area (Å²) in [5, 5.41) is 0. The number of nitrogens with zero attached hydrogens (tertiary/aromatic N) is 4. The van der Waals surface area contributed by atoms with Gasteiger partial charge in [0.25, 0.3) is 0 Å². The first-order valence-electron chi connectivity index (χ1n) is 7.22. The number of imidazole rings is 1. The Bertz CT molecular complexity index is 663. The fourth-order valence-corrected chi connectivity index (χ4v) is 2.62. The average Bonchev–Trinajstić information content (AvgIpc) is 2.82. The van der Waals surface area contributed by atoms with Gasteiger partial charge in [0.15, 0.2) is 5.96 Å². The van der Waals surface area contributed by atoms with E-state index in [1.54, 1.807) is 0 Å². The Morgan fingerprint density at radius 1 is 1.48 bits per heavy atom. The lowest BCUT2D eigenvalue weighted by molar-refractivity contribution is 0.00528. The standard InChI is InChI=1S/C15H21N5O/c1-11-10-20(7-8-21-11)15(16)17-9-14-18-12-5-3-4-6-13(12)19(14)2/h3-6,11H,7-10H2,1-2H3,(H2,16,17). The second-order valence-corrected chi connectivity index (χ2v) is 5.38. The second-order valence-electron chi connectivity index (χ2n) is 5.38. The molecule has 0 radical (unpaired) electrons. The molecule has 1 aromatic carbocycles. The summed E-state index contributed by atoms with van der Waals surface area (Å²) in [4.78, 5) is 11.2. The SMILES string of the molecule is CC1CN(C(N)=NCc2nc3ccccc3n2C)CCO1. The van der Waals surface area contributed by atoms with Crippen molar-refractivity contribution in [2.45, 2.75) is 19.6 Å². The molecule has 0 saturated carbocycles. The predicted molar refractivity (Wildman–Crippen MR) is 83.0 cm³/mol. The van der Waals surface area contributed by atoms with Gasteiger partial charge in [0, 0.05) is 20.1 Å². The molecule has 112 valence electrons. The van der Waals surface area contributed by atoms with Crippen molar-refractivity contribution >= 4 is 17.0 Å². The van der Waals surface area contributed by atoms with Crippen LogP contribution in [0.1, 0.15) is 12.7 Å². The quantitative estimate of drug-likeness (QED) is 0.663. The molecule has 0 amide bonds. The van der Waals surface area contributed by atoms with Gasteiger partial charge in [-0.3, -0.25) is 0 Å². The Balaban J connectivity index is 1.75. The van der Waals surface area contributed by atoms with E-state index in [0.717, 1.165) is 29.9 Å². The predicted octanol–water partition coefficient (Wildman–Crippen LogP) is 1.11. The van der Waals surface area contributed by atoms with Gasteiger partial charge in [-0.05, 0) is 19.1 Å². The summed E-state index contributed by atoms with van der Waals surface area (Å²) < 4.78 is 7.57. The number of para-hydroxylation sites is 2. The van der Waals surface area contributed by atoms with Crippen LogP contribution in [0.15, 0.2) is 29.3 Å². The van der Waals surface area contributed by atoms with E-state index in [9.17, 15) is 0 Å². The van der Waals surface area contributed by atoms with Gasteiger partial charge in [-0.15, -0.1) is 0 Å². The first-order valence-corrected chi connectivity index (χ1v) is 7.22. The summed E-state index contributed by atoms with van der Waals surface area (Å²) in [7, 11) is 2.01. The van der Waals surface area contributed by atoms with E-state index in [0.29, 0.717) is 19.1 Å². The number of aryl methyl sites for hydroxylation is 1. The van der Waals surface area contributed by atoms with Gasteiger partial charge < -0.3 is 19.9 Å². The van der Waals surface area contributed by atoms with Crippen molar-refractivity contribution in [2.24, 2.45) is 17.8 Å². The van der Waals surface area contributed by atoms with E-state index in [4.69, 9.17) is 10.5 Å². The van der Waals surface area contributed by atoms with Crippen molar-refractivity contribution in [1.29, 1.82) is 0 Å². The van der Waals surface area contributed by atoms with Crippen LogP contribution in [0.25, 0.3) is 11.0 Å². The molecular formula is C15H21N5O. The van der Waals surface area contributed by atoms with Gasteiger partial charge in [-0.25, -0.2) is 9.98 Å². The maximum Gasteiger partial charge on any atom is 0.191 e. The second kappa shape index (κ2) is 5.73. The molecule has 1 unspecified atom stereocenters. The number of benzene rings is 1. The molecule has 1 aliphatic rings. The van der Waals surface area contributed by atoms with E-state index in [1.165, 1.54) is 0 Å². The van der Waals surface area contributed by atoms with Crippen molar-refractivity contribution in [1.82, 2.24) is 14.5 Å². The fraction of sp³-hybridized carbons (Fsp3) is 0.467. The van der Waals surface area contributed by atoms with Gasteiger partial charge in [-0.2, -0.15) is 0 Å². The van der Waals surface area contributed by atoms with Crippen LogP contribution in [0, 0.1) is 0 Å². The highest BCUT2D eigenvalue weighted by Crippen LogP contribution is 2.14. The number of morpholine rings is 1. The summed E-state index contributed by atoms with van der Waals surface area (Å²) in [5.41, 5.74) is 8.19. The van der Waals surface area contributed by atoms with Gasteiger partial charge in [0.05, 0.1) is 23.7 Å². The van der Waals surface area contributed by atoms with Gasteiger partial charge in [0.2, 0.25) is 0 Å².